The maximum absolute atomic E-state index is 12.8. The Balaban J connectivity index is 2.96. The maximum atomic E-state index is 12.8. The largest absolute Gasteiger partial charge is 0.261 e. The molecule has 0 N–H and O–H groups in total. The molecule has 0 bridgehead atoms. The van der Waals surface area contributed by atoms with E-state index in [1.165, 1.54) is 13.1 Å². The predicted octanol–water partition coefficient (Wildman–Crippen LogP) is 2.63. The van der Waals surface area contributed by atoms with Crippen molar-refractivity contribution in [1.82, 2.24) is 9.97 Å². The zero-order chi connectivity index (χ0) is 9.14. The topological polar surface area (TPSA) is 25.8 Å². The Morgan fingerprint density at radius 3 is 2.25 bits per heavy atom. The summed E-state index contributed by atoms with van der Waals surface area (Å²) in [5.74, 6) is 0.302. The molecule has 0 aliphatic heterocycles. The Bertz CT molecular complexity index is 235. The molecule has 0 saturated heterocycles. The minimum absolute atomic E-state index is 0.302. The number of alkyl halides is 1. The molecule has 1 unspecified atom stereocenters. The van der Waals surface area contributed by atoms with Crippen LogP contribution in [0.2, 0.25) is 0 Å². The number of nitrogens with zero attached hydrogens (tertiary/aromatic N) is 2. The van der Waals surface area contributed by atoms with Crippen LogP contribution in [-0.4, -0.2) is 9.97 Å². The quantitative estimate of drug-likeness (QED) is 0.678. The second-order valence-corrected chi connectivity index (χ2v) is 3.14. The number of hydrogen-bond donors (Lipinski definition) is 0. The van der Waals surface area contributed by atoms with Crippen LogP contribution in [0.1, 0.15) is 44.2 Å². The molecule has 66 valence electrons. The summed E-state index contributed by atoms with van der Waals surface area (Å²) in [4.78, 5) is 8.06. The van der Waals surface area contributed by atoms with Crippen molar-refractivity contribution in [2.24, 2.45) is 0 Å². The summed E-state index contributed by atoms with van der Waals surface area (Å²) in [5, 5.41) is 0. The van der Waals surface area contributed by atoms with Crippen molar-refractivity contribution in [2.45, 2.75) is 32.9 Å². The van der Waals surface area contributed by atoms with Crippen LogP contribution < -0.4 is 0 Å². The van der Waals surface area contributed by atoms with Crippen molar-refractivity contribution in [3.05, 3.63) is 23.8 Å². The van der Waals surface area contributed by atoms with Gasteiger partial charge in [0.15, 0.2) is 0 Å². The van der Waals surface area contributed by atoms with Crippen molar-refractivity contribution >= 4 is 0 Å². The van der Waals surface area contributed by atoms with Gasteiger partial charge in [-0.05, 0) is 12.8 Å². The lowest BCUT2D eigenvalue weighted by molar-refractivity contribution is 0.363. The first-order valence-corrected chi connectivity index (χ1v) is 4.07. The van der Waals surface area contributed by atoms with Crippen LogP contribution in [0.3, 0.4) is 0 Å². The summed E-state index contributed by atoms with van der Waals surface area (Å²) in [6.07, 6.45) is 2.11. The molecule has 0 saturated carbocycles. The van der Waals surface area contributed by atoms with Crippen molar-refractivity contribution in [3.63, 3.8) is 0 Å². The first-order valence-electron chi connectivity index (χ1n) is 4.07. The van der Waals surface area contributed by atoms with E-state index in [0.29, 0.717) is 11.6 Å². The average Bonchev–Trinajstić information content (AvgIpc) is 2.04. The molecule has 1 heterocycles. The molecule has 0 aliphatic rings. The lowest BCUT2D eigenvalue weighted by atomic mass is 10.1. The highest BCUT2D eigenvalue weighted by Gasteiger charge is 2.07. The van der Waals surface area contributed by atoms with Gasteiger partial charge in [0.1, 0.15) is 6.17 Å². The van der Waals surface area contributed by atoms with Crippen molar-refractivity contribution in [2.75, 3.05) is 0 Å². The van der Waals surface area contributed by atoms with Crippen LogP contribution in [0.4, 0.5) is 4.39 Å². The van der Waals surface area contributed by atoms with E-state index >= 15 is 0 Å². The van der Waals surface area contributed by atoms with Gasteiger partial charge in [-0.15, -0.1) is 0 Å². The molecule has 1 aromatic rings. The third kappa shape index (κ3) is 2.00. The minimum Gasteiger partial charge on any atom is -0.261 e. The molecule has 1 atom stereocenters. The van der Waals surface area contributed by atoms with Gasteiger partial charge in [-0.25, -0.2) is 4.39 Å². The monoisotopic (exact) mass is 168 g/mol. The van der Waals surface area contributed by atoms with E-state index in [1.807, 2.05) is 13.8 Å². The fourth-order valence-corrected chi connectivity index (χ4v) is 0.867. The lowest BCUT2D eigenvalue weighted by Gasteiger charge is -2.06. The Labute approximate surface area is 71.9 Å². The molecule has 0 amide bonds. The van der Waals surface area contributed by atoms with Crippen LogP contribution in [0.25, 0.3) is 0 Å². The first-order chi connectivity index (χ1) is 5.61. The molecule has 3 heteroatoms. The fraction of sp³-hybridized carbons (Fsp3) is 0.556. The zero-order valence-electron chi connectivity index (χ0n) is 7.58. The fourth-order valence-electron chi connectivity index (χ4n) is 0.867. The highest BCUT2D eigenvalue weighted by Crippen LogP contribution is 2.16. The van der Waals surface area contributed by atoms with Crippen LogP contribution >= 0.6 is 0 Å². The average molecular weight is 168 g/mol. The van der Waals surface area contributed by atoms with Crippen LogP contribution in [-0.2, 0) is 0 Å². The summed E-state index contributed by atoms with van der Waals surface area (Å²) >= 11 is 0. The van der Waals surface area contributed by atoms with Gasteiger partial charge >= 0.3 is 0 Å². The van der Waals surface area contributed by atoms with Gasteiger partial charge in [0.2, 0.25) is 0 Å². The Morgan fingerprint density at radius 1 is 1.17 bits per heavy atom. The molecule has 0 fully saturated rings. The molecule has 0 spiro atoms. The standard InChI is InChI=1S/C9H13FN2/c1-6(2)8-4-11-5-9(12-8)7(3)10/h4-7H,1-3H3. The molecule has 2 nitrogen and oxygen atoms in total. The van der Waals surface area contributed by atoms with E-state index in [9.17, 15) is 4.39 Å². The zero-order valence-corrected chi connectivity index (χ0v) is 7.58. The molecule has 0 aliphatic carbocycles. The van der Waals surface area contributed by atoms with Crippen molar-refractivity contribution in [3.8, 4) is 0 Å². The van der Waals surface area contributed by atoms with E-state index in [4.69, 9.17) is 0 Å². The van der Waals surface area contributed by atoms with Gasteiger partial charge in [0.25, 0.3) is 0 Å². The van der Waals surface area contributed by atoms with Crippen LogP contribution in [0, 0.1) is 0 Å². The van der Waals surface area contributed by atoms with Gasteiger partial charge < -0.3 is 0 Å². The Morgan fingerprint density at radius 2 is 1.75 bits per heavy atom. The summed E-state index contributed by atoms with van der Waals surface area (Å²) < 4.78 is 12.8. The molecular formula is C9H13FN2. The number of halogens is 1. The summed E-state index contributed by atoms with van der Waals surface area (Å²) in [6.45, 7) is 5.49. The van der Waals surface area contributed by atoms with Gasteiger partial charge in [-0.2, -0.15) is 0 Å². The van der Waals surface area contributed by atoms with Gasteiger partial charge in [-0.1, -0.05) is 13.8 Å². The smallest absolute Gasteiger partial charge is 0.141 e. The highest BCUT2D eigenvalue weighted by molar-refractivity contribution is 5.08. The normalized spacial score (nSPS) is 13.4. The van der Waals surface area contributed by atoms with Crippen LogP contribution in [0.15, 0.2) is 12.4 Å². The summed E-state index contributed by atoms with van der Waals surface area (Å²) in [6, 6.07) is 0. The summed E-state index contributed by atoms with van der Waals surface area (Å²) in [5.41, 5.74) is 1.26. The van der Waals surface area contributed by atoms with Gasteiger partial charge in [-0.3, -0.25) is 9.97 Å². The molecule has 0 aromatic carbocycles. The first kappa shape index (κ1) is 9.10. The van der Waals surface area contributed by atoms with Gasteiger partial charge in [0, 0.05) is 6.20 Å². The Hall–Kier alpha value is -0.990. The SMILES string of the molecule is CC(C)c1cncc(C(C)F)n1. The lowest BCUT2D eigenvalue weighted by Crippen LogP contribution is -1.99. The number of hydrogen-bond acceptors (Lipinski definition) is 2. The van der Waals surface area contributed by atoms with Crippen molar-refractivity contribution in [1.29, 1.82) is 0 Å². The number of rotatable bonds is 2. The van der Waals surface area contributed by atoms with E-state index in [1.54, 1.807) is 6.20 Å². The highest BCUT2D eigenvalue weighted by atomic mass is 19.1. The second-order valence-electron chi connectivity index (χ2n) is 3.14. The molecular weight excluding hydrogens is 155 g/mol. The minimum atomic E-state index is -1.03. The third-order valence-electron chi connectivity index (χ3n) is 1.67. The summed E-state index contributed by atoms with van der Waals surface area (Å²) in [7, 11) is 0. The predicted molar refractivity (Wildman–Crippen MR) is 45.6 cm³/mol. The number of aromatic nitrogens is 2. The Kier molecular flexibility index (Phi) is 2.74. The van der Waals surface area contributed by atoms with Crippen molar-refractivity contribution < 1.29 is 4.39 Å². The molecule has 1 aromatic heterocycles. The molecule has 0 radical (unpaired) electrons. The third-order valence-corrected chi connectivity index (χ3v) is 1.67. The second kappa shape index (κ2) is 3.61. The van der Waals surface area contributed by atoms with E-state index in [-0.39, 0.29) is 0 Å². The van der Waals surface area contributed by atoms with E-state index in [0.717, 1.165) is 5.69 Å². The molecule has 1 rings (SSSR count). The van der Waals surface area contributed by atoms with E-state index in [2.05, 4.69) is 9.97 Å². The van der Waals surface area contributed by atoms with E-state index < -0.39 is 6.17 Å². The van der Waals surface area contributed by atoms with Crippen LogP contribution in [0.5, 0.6) is 0 Å². The van der Waals surface area contributed by atoms with Gasteiger partial charge in [0.05, 0.1) is 17.6 Å². The maximum Gasteiger partial charge on any atom is 0.141 e. The molecule has 12 heavy (non-hydrogen) atoms.